The van der Waals surface area contributed by atoms with Crippen LogP contribution < -0.4 is 5.73 Å². The number of nitrogens with zero attached hydrogens (tertiary/aromatic N) is 1. The lowest BCUT2D eigenvalue weighted by Gasteiger charge is -2.03. The SMILES string of the molecule is Cc1ccc2c(C(N)=S)nccc2c1. The van der Waals surface area contributed by atoms with Crippen LogP contribution in [0.15, 0.2) is 30.5 Å². The molecule has 0 bridgehead atoms. The molecule has 0 aliphatic carbocycles. The molecular weight excluding hydrogens is 192 g/mol. The molecule has 2 nitrogen and oxygen atoms in total. The molecule has 2 aromatic rings. The van der Waals surface area contributed by atoms with E-state index in [0.29, 0.717) is 10.7 Å². The molecule has 0 atom stereocenters. The Kier molecular flexibility index (Phi) is 2.17. The van der Waals surface area contributed by atoms with Crippen LogP contribution in [0.5, 0.6) is 0 Å². The third-order valence-corrected chi connectivity index (χ3v) is 2.35. The Morgan fingerprint density at radius 2 is 2.14 bits per heavy atom. The number of hydrogen-bond donors (Lipinski definition) is 1. The van der Waals surface area contributed by atoms with Gasteiger partial charge in [0, 0.05) is 11.6 Å². The van der Waals surface area contributed by atoms with Gasteiger partial charge in [-0.3, -0.25) is 4.98 Å². The van der Waals surface area contributed by atoms with E-state index in [1.54, 1.807) is 6.20 Å². The predicted octanol–water partition coefficient (Wildman–Crippen LogP) is 2.18. The van der Waals surface area contributed by atoms with Crippen LogP contribution in [0.25, 0.3) is 10.8 Å². The van der Waals surface area contributed by atoms with E-state index in [2.05, 4.69) is 18.0 Å². The van der Waals surface area contributed by atoms with Gasteiger partial charge in [-0.1, -0.05) is 36.0 Å². The van der Waals surface area contributed by atoms with E-state index in [9.17, 15) is 0 Å². The number of aromatic nitrogens is 1. The van der Waals surface area contributed by atoms with Gasteiger partial charge in [-0.25, -0.2) is 0 Å². The van der Waals surface area contributed by atoms with Crippen molar-refractivity contribution < 1.29 is 0 Å². The fourth-order valence-electron chi connectivity index (χ4n) is 1.49. The van der Waals surface area contributed by atoms with Crippen LogP contribution in [0, 0.1) is 6.92 Å². The van der Waals surface area contributed by atoms with E-state index in [4.69, 9.17) is 18.0 Å². The lowest BCUT2D eigenvalue weighted by atomic mass is 10.1. The number of hydrogen-bond acceptors (Lipinski definition) is 2. The summed E-state index contributed by atoms with van der Waals surface area (Å²) in [5.41, 5.74) is 7.51. The van der Waals surface area contributed by atoms with E-state index in [-0.39, 0.29) is 0 Å². The number of nitrogens with two attached hydrogens (primary N) is 1. The van der Waals surface area contributed by atoms with Crippen LogP contribution >= 0.6 is 12.2 Å². The molecule has 14 heavy (non-hydrogen) atoms. The lowest BCUT2D eigenvalue weighted by Crippen LogP contribution is -2.11. The maximum absolute atomic E-state index is 5.59. The Labute approximate surface area is 87.8 Å². The number of aryl methyl sites for hydroxylation is 1. The molecule has 2 rings (SSSR count). The summed E-state index contributed by atoms with van der Waals surface area (Å²) in [5, 5.41) is 2.15. The fraction of sp³-hybridized carbons (Fsp3) is 0.0909. The van der Waals surface area contributed by atoms with Gasteiger partial charge in [0.15, 0.2) is 0 Å². The maximum Gasteiger partial charge on any atom is 0.123 e. The van der Waals surface area contributed by atoms with Crippen molar-refractivity contribution in [3.8, 4) is 0 Å². The largest absolute Gasteiger partial charge is 0.388 e. The molecule has 0 aliphatic rings. The minimum atomic E-state index is 0.347. The molecule has 2 N–H and O–H groups in total. The predicted molar refractivity (Wildman–Crippen MR) is 62.4 cm³/mol. The van der Waals surface area contributed by atoms with E-state index >= 15 is 0 Å². The van der Waals surface area contributed by atoms with Crippen LogP contribution in [-0.4, -0.2) is 9.97 Å². The van der Waals surface area contributed by atoms with Crippen molar-refractivity contribution in [1.82, 2.24) is 4.98 Å². The number of rotatable bonds is 1. The van der Waals surface area contributed by atoms with Gasteiger partial charge in [-0.15, -0.1) is 0 Å². The highest BCUT2D eigenvalue weighted by Crippen LogP contribution is 2.17. The molecule has 0 aliphatic heterocycles. The highest BCUT2D eigenvalue weighted by molar-refractivity contribution is 7.80. The summed E-state index contributed by atoms with van der Waals surface area (Å²) in [5.74, 6) is 0. The second-order valence-corrected chi connectivity index (χ2v) is 3.69. The van der Waals surface area contributed by atoms with Gasteiger partial charge in [0.2, 0.25) is 0 Å². The van der Waals surface area contributed by atoms with Crippen molar-refractivity contribution in [2.24, 2.45) is 5.73 Å². The number of pyridine rings is 1. The van der Waals surface area contributed by atoms with Crippen molar-refractivity contribution in [1.29, 1.82) is 0 Å². The van der Waals surface area contributed by atoms with Crippen molar-refractivity contribution >= 4 is 28.0 Å². The summed E-state index contributed by atoms with van der Waals surface area (Å²) in [6.45, 7) is 2.06. The van der Waals surface area contributed by atoms with E-state index in [1.807, 2.05) is 18.2 Å². The molecule has 0 radical (unpaired) electrons. The molecule has 0 saturated heterocycles. The van der Waals surface area contributed by atoms with Gasteiger partial charge < -0.3 is 5.73 Å². The van der Waals surface area contributed by atoms with Crippen LogP contribution in [0.3, 0.4) is 0 Å². The van der Waals surface area contributed by atoms with Gasteiger partial charge >= 0.3 is 0 Å². The van der Waals surface area contributed by atoms with Crippen molar-refractivity contribution in [3.63, 3.8) is 0 Å². The summed E-state index contributed by atoms with van der Waals surface area (Å²) in [6, 6.07) is 8.10. The molecule has 0 amide bonds. The number of fused-ring (bicyclic) bond motifs is 1. The number of benzene rings is 1. The first kappa shape index (κ1) is 9.09. The van der Waals surface area contributed by atoms with Crippen molar-refractivity contribution in [3.05, 3.63) is 41.7 Å². The molecule has 0 saturated carbocycles. The zero-order chi connectivity index (χ0) is 10.1. The second kappa shape index (κ2) is 3.35. The minimum absolute atomic E-state index is 0.347. The molecule has 70 valence electrons. The average Bonchev–Trinajstić information content (AvgIpc) is 2.16. The molecule has 1 heterocycles. The third kappa shape index (κ3) is 1.46. The fourth-order valence-corrected chi connectivity index (χ4v) is 1.66. The van der Waals surface area contributed by atoms with Crippen LogP contribution in [0.4, 0.5) is 0 Å². The summed E-state index contributed by atoms with van der Waals surface area (Å²) in [4.78, 5) is 4.52. The summed E-state index contributed by atoms with van der Waals surface area (Å²) in [6.07, 6.45) is 1.73. The minimum Gasteiger partial charge on any atom is -0.388 e. The normalized spacial score (nSPS) is 10.4. The Morgan fingerprint density at radius 1 is 1.36 bits per heavy atom. The Morgan fingerprint density at radius 3 is 2.86 bits per heavy atom. The standard InChI is InChI=1S/C11H10N2S/c1-7-2-3-9-8(6-7)4-5-13-10(9)11(12)14/h2-6H,1H3,(H2,12,14). The van der Waals surface area contributed by atoms with Gasteiger partial charge in [-0.05, 0) is 18.4 Å². The highest BCUT2D eigenvalue weighted by atomic mass is 32.1. The number of thiocarbonyl (C=S) groups is 1. The van der Waals surface area contributed by atoms with Crippen molar-refractivity contribution in [2.75, 3.05) is 0 Å². The third-order valence-electron chi connectivity index (χ3n) is 2.15. The van der Waals surface area contributed by atoms with Gasteiger partial charge in [0.25, 0.3) is 0 Å². The summed E-state index contributed by atoms with van der Waals surface area (Å²) >= 11 is 4.94. The second-order valence-electron chi connectivity index (χ2n) is 3.25. The first-order valence-corrected chi connectivity index (χ1v) is 4.74. The van der Waals surface area contributed by atoms with E-state index in [0.717, 1.165) is 10.8 Å². The van der Waals surface area contributed by atoms with E-state index in [1.165, 1.54) is 5.56 Å². The zero-order valence-electron chi connectivity index (χ0n) is 7.82. The average molecular weight is 202 g/mol. The van der Waals surface area contributed by atoms with Gasteiger partial charge in [0.1, 0.15) is 10.7 Å². The van der Waals surface area contributed by atoms with Crippen LogP contribution in [-0.2, 0) is 0 Å². The molecule has 1 aromatic heterocycles. The quantitative estimate of drug-likeness (QED) is 0.720. The molecule has 0 spiro atoms. The maximum atomic E-state index is 5.59. The van der Waals surface area contributed by atoms with Crippen LogP contribution in [0.2, 0.25) is 0 Å². The van der Waals surface area contributed by atoms with Gasteiger partial charge in [0.05, 0.1) is 0 Å². The first-order valence-electron chi connectivity index (χ1n) is 4.33. The Hall–Kier alpha value is -1.48. The van der Waals surface area contributed by atoms with E-state index < -0.39 is 0 Å². The summed E-state index contributed by atoms with van der Waals surface area (Å²) in [7, 11) is 0. The van der Waals surface area contributed by atoms with Crippen molar-refractivity contribution in [2.45, 2.75) is 6.92 Å². The van der Waals surface area contributed by atoms with Gasteiger partial charge in [-0.2, -0.15) is 0 Å². The zero-order valence-corrected chi connectivity index (χ0v) is 8.64. The molecule has 0 unspecified atom stereocenters. The molecule has 0 fully saturated rings. The Balaban J connectivity index is 2.81. The highest BCUT2D eigenvalue weighted by Gasteiger charge is 2.03. The van der Waals surface area contributed by atoms with Crippen LogP contribution in [0.1, 0.15) is 11.3 Å². The first-order chi connectivity index (χ1) is 6.68. The molecule has 1 aromatic carbocycles. The summed E-state index contributed by atoms with van der Waals surface area (Å²) < 4.78 is 0. The molecule has 3 heteroatoms. The smallest absolute Gasteiger partial charge is 0.123 e. The monoisotopic (exact) mass is 202 g/mol. The lowest BCUT2D eigenvalue weighted by molar-refractivity contribution is 1.32. The Bertz CT molecular complexity index is 506. The molecular formula is C11H10N2S. The topological polar surface area (TPSA) is 38.9 Å².